The van der Waals surface area contributed by atoms with Crippen molar-refractivity contribution in [1.29, 1.82) is 0 Å². The predicted molar refractivity (Wildman–Crippen MR) is 71.7 cm³/mol. The minimum absolute atomic E-state index is 0.0616. The smallest absolute Gasteiger partial charge is 0.274 e. The van der Waals surface area contributed by atoms with Crippen LogP contribution in [0, 0.1) is 11.6 Å². The summed E-state index contributed by atoms with van der Waals surface area (Å²) in [4.78, 5) is 24.4. The summed E-state index contributed by atoms with van der Waals surface area (Å²) in [5.41, 5.74) is 0.101. The first kappa shape index (κ1) is 14.8. The molecular formula is C14H13F2N3O2. The maximum Gasteiger partial charge on any atom is 0.274 e. The Morgan fingerprint density at radius 1 is 1.24 bits per heavy atom. The molecule has 5 nitrogen and oxygen atoms in total. The van der Waals surface area contributed by atoms with Crippen molar-refractivity contribution < 1.29 is 13.6 Å². The number of amides is 1. The number of hydrogen-bond donors (Lipinski definition) is 1. The average Bonchev–Trinajstić information content (AvgIpc) is 2.48. The minimum atomic E-state index is -0.970. The Kier molecular flexibility index (Phi) is 4.11. The zero-order valence-corrected chi connectivity index (χ0v) is 11.4. The fourth-order valence-corrected chi connectivity index (χ4v) is 1.82. The number of benzene rings is 1. The molecule has 1 atom stereocenters. The maximum atomic E-state index is 13.2. The van der Waals surface area contributed by atoms with Gasteiger partial charge < -0.3 is 4.90 Å². The number of rotatable bonds is 3. The largest absolute Gasteiger partial charge is 0.334 e. The van der Waals surface area contributed by atoms with Crippen LogP contribution in [0.1, 0.15) is 29.0 Å². The molecule has 1 unspecified atom stereocenters. The average molecular weight is 293 g/mol. The van der Waals surface area contributed by atoms with E-state index in [9.17, 15) is 18.4 Å². The van der Waals surface area contributed by atoms with Crippen LogP contribution >= 0.6 is 0 Å². The molecule has 2 aromatic rings. The summed E-state index contributed by atoms with van der Waals surface area (Å²) in [6, 6.07) is 5.47. The van der Waals surface area contributed by atoms with Crippen LogP contribution in [0.2, 0.25) is 0 Å². The van der Waals surface area contributed by atoms with E-state index in [1.807, 2.05) is 0 Å². The molecule has 1 aromatic carbocycles. The van der Waals surface area contributed by atoms with Crippen molar-refractivity contribution in [3.8, 4) is 0 Å². The lowest BCUT2D eigenvalue weighted by Crippen LogP contribution is -2.31. The SMILES string of the molecule is CC(c1ccc(F)c(F)c1)N(C)C(=O)c1ccc(=O)[nH]n1. The second kappa shape index (κ2) is 5.82. The summed E-state index contributed by atoms with van der Waals surface area (Å²) in [5.74, 6) is -2.35. The number of H-pyrrole nitrogens is 1. The molecule has 21 heavy (non-hydrogen) atoms. The molecule has 1 heterocycles. The Bertz CT molecular complexity index is 710. The van der Waals surface area contributed by atoms with Gasteiger partial charge in [0.25, 0.3) is 11.5 Å². The van der Waals surface area contributed by atoms with Gasteiger partial charge in [0.1, 0.15) is 5.69 Å². The zero-order chi connectivity index (χ0) is 15.6. The first-order chi connectivity index (χ1) is 9.90. The van der Waals surface area contributed by atoms with Crippen molar-refractivity contribution in [1.82, 2.24) is 15.1 Å². The molecule has 1 amide bonds. The molecule has 0 saturated heterocycles. The van der Waals surface area contributed by atoms with Crippen molar-refractivity contribution in [2.24, 2.45) is 0 Å². The lowest BCUT2D eigenvalue weighted by molar-refractivity contribution is 0.0735. The Morgan fingerprint density at radius 2 is 1.95 bits per heavy atom. The molecule has 0 spiro atoms. The normalized spacial score (nSPS) is 12.0. The summed E-state index contributed by atoms with van der Waals surface area (Å²) in [5, 5.41) is 5.81. The third-order valence-electron chi connectivity index (χ3n) is 3.23. The van der Waals surface area contributed by atoms with Crippen LogP contribution in [0.5, 0.6) is 0 Å². The topological polar surface area (TPSA) is 66.1 Å². The van der Waals surface area contributed by atoms with Crippen molar-refractivity contribution in [3.63, 3.8) is 0 Å². The molecule has 2 rings (SSSR count). The van der Waals surface area contributed by atoms with E-state index in [0.29, 0.717) is 5.56 Å². The van der Waals surface area contributed by atoms with Crippen LogP contribution in [-0.2, 0) is 0 Å². The Hall–Kier alpha value is -2.57. The number of carbonyl (C=O) groups excluding carboxylic acids is 1. The minimum Gasteiger partial charge on any atom is -0.334 e. The first-order valence-electron chi connectivity index (χ1n) is 6.18. The fourth-order valence-electron chi connectivity index (χ4n) is 1.82. The van der Waals surface area contributed by atoms with Gasteiger partial charge in [-0.3, -0.25) is 9.59 Å². The highest BCUT2D eigenvalue weighted by Crippen LogP contribution is 2.21. The summed E-state index contributed by atoms with van der Waals surface area (Å²) in [6.07, 6.45) is 0. The molecule has 0 aliphatic carbocycles. The lowest BCUT2D eigenvalue weighted by atomic mass is 10.1. The summed E-state index contributed by atoms with van der Waals surface area (Å²) in [7, 11) is 1.51. The van der Waals surface area contributed by atoms with E-state index in [2.05, 4.69) is 10.2 Å². The van der Waals surface area contributed by atoms with Gasteiger partial charge in [0.2, 0.25) is 0 Å². The second-order valence-corrected chi connectivity index (χ2v) is 4.57. The van der Waals surface area contributed by atoms with Gasteiger partial charge in [-0.25, -0.2) is 13.9 Å². The van der Waals surface area contributed by atoms with Crippen LogP contribution in [0.15, 0.2) is 35.1 Å². The second-order valence-electron chi connectivity index (χ2n) is 4.57. The Morgan fingerprint density at radius 3 is 2.52 bits per heavy atom. The number of aromatic amines is 1. The fraction of sp³-hybridized carbons (Fsp3) is 0.214. The highest BCUT2D eigenvalue weighted by atomic mass is 19.2. The van der Waals surface area contributed by atoms with Crippen LogP contribution in [0.3, 0.4) is 0 Å². The number of halogens is 2. The summed E-state index contributed by atoms with van der Waals surface area (Å²) in [6.45, 7) is 1.68. The maximum absolute atomic E-state index is 13.2. The van der Waals surface area contributed by atoms with Crippen molar-refractivity contribution in [3.05, 3.63) is 63.6 Å². The molecule has 0 aliphatic rings. The van der Waals surface area contributed by atoms with Gasteiger partial charge in [0, 0.05) is 13.1 Å². The molecule has 0 fully saturated rings. The van der Waals surface area contributed by atoms with Gasteiger partial charge in [-0.15, -0.1) is 0 Å². The van der Waals surface area contributed by atoms with Gasteiger partial charge in [-0.1, -0.05) is 6.07 Å². The number of hydrogen-bond acceptors (Lipinski definition) is 3. The van der Waals surface area contributed by atoms with E-state index in [0.717, 1.165) is 12.1 Å². The van der Waals surface area contributed by atoms with E-state index >= 15 is 0 Å². The molecule has 7 heteroatoms. The summed E-state index contributed by atoms with van der Waals surface area (Å²) >= 11 is 0. The van der Waals surface area contributed by atoms with E-state index < -0.39 is 29.1 Å². The molecule has 0 radical (unpaired) electrons. The monoisotopic (exact) mass is 293 g/mol. The van der Waals surface area contributed by atoms with Gasteiger partial charge in [-0.05, 0) is 30.7 Å². The standard InChI is InChI=1S/C14H13F2N3O2/c1-8(9-3-4-10(15)11(16)7-9)19(2)14(21)12-5-6-13(20)18-17-12/h3-8H,1-2H3,(H,18,20). The van der Waals surface area contributed by atoms with Gasteiger partial charge in [0.15, 0.2) is 11.6 Å². The van der Waals surface area contributed by atoms with Crippen molar-refractivity contribution in [2.45, 2.75) is 13.0 Å². The molecule has 1 N–H and O–H groups in total. The van der Waals surface area contributed by atoms with Gasteiger partial charge in [-0.2, -0.15) is 5.10 Å². The number of carbonyl (C=O) groups is 1. The third-order valence-corrected chi connectivity index (χ3v) is 3.23. The number of aromatic nitrogens is 2. The molecule has 110 valence electrons. The Labute approximate surface area is 119 Å². The number of nitrogens with zero attached hydrogens (tertiary/aromatic N) is 2. The van der Waals surface area contributed by atoms with Crippen LogP contribution in [0.25, 0.3) is 0 Å². The van der Waals surface area contributed by atoms with Crippen LogP contribution in [-0.4, -0.2) is 28.1 Å². The van der Waals surface area contributed by atoms with E-state index in [1.165, 1.54) is 30.1 Å². The van der Waals surface area contributed by atoms with E-state index in [4.69, 9.17) is 0 Å². The van der Waals surface area contributed by atoms with Crippen molar-refractivity contribution in [2.75, 3.05) is 7.05 Å². The molecule has 0 saturated carbocycles. The van der Waals surface area contributed by atoms with Gasteiger partial charge in [0.05, 0.1) is 6.04 Å². The zero-order valence-electron chi connectivity index (χ0n) is 11.4. The van der Waals surface area contributed by atoms with Crippen LogP contribution < -0.4 is 5.56 Å². The molecular weight excluding hydrogens is 280 g/mol. The van der Waals surface area contributed by atoms with Gasteiger partial charge >= 0.3 is 0 Å². The summed E-state index contributed by atoms with van der Waals surface area (Å²) < 4.78 is 26.2. The molecule has 1 aromatic heterocycles. The first-order valence-corrected chi connectivity index (χ1v) is 6.18. The quantitative estimate of drug-likeness (QED) is 0.939. The van der Waals surface area contributed by atoms with Crippen molar-refractivity contribution >= 4 is 5.91 Å². The van der Waals surface area contributed by atoms with E-state index in [-0.39, 0.29) is 5.69 Å². The predicted octanol–water partition coefficient (Wildman–Crippen LogP) is 1.88. The van der Waals surface area contributed by atoms with Crippen LogP contribution in [0.4, 0.5) is 8.78 Å². The lowest BCUT2D eigenvalue weighted by Gasteiger charge is -2.25. The Balaban J connectivity index is 2.23. The van der Waals surface area contributed by atoms with E-state index in [1.54, 1.807) is 6.92 Å². The number of nitrogens with one attached hydrogen (secondary N) is 1. The highest BCUT2D eigenvalue weighted by Gasteiger charge is 2.21. The molecule has 0 aliphatic heterocycles. The molecule has 0 bridgehead atoms. The third kappa shape index (κ3) is 3.13. The highest BCUT2D eigenvalue weighted by molar-refractivity contribution is 5.92.